The van der Waals surface area contributed by atoms with E-state index in [1.54, 1.807) is 78.9 Å². The van der Waals surface area contributed by atoms with E-state index in [9.17, 15) is 76.6 Å². The molecule has 0 radical (unpaired) electrons. The fraction of sp³-hybridized carbons (Fsp3) is 0.291. The number of benzene rings is 8. The quantitative estimate of drug-likeness (QED) is 0.0240. The summed E-state index contributed by atoms with van der Waals surface area (Å²) in [6, 6.07) is 32.7. The number of aromatic hydroxyl groups is 1. The van der Waals surface area contributed by atoms with E-state index in [0.29, 0.717) is 119 Å². The monoisotopic (exact) mass is 2080 g/mol. The van der Waals surface area contributed by atoms with Gasteiger partial charge in [-0.15, -0.1) is 0 Å². The summed E-state index contributed by atoms with van der Waals surface area (Å²) < 4.78 is 223. The minimum absolute atomic E-state index is 0. The largest absolute Gasteiger partial charge is 1.00 e. The van der Waals surface area contributed by atoms with Crippen molar-refractivity contribution < 1.29 is 247 Å². The van der Waals surface area contributed by atoms with Crippen LogP contribution in [0.1, 0.15) is 61.2 Å². The molecule has 0 aromatic heterocycles. The molecule has 8 aromatic carbocycles. The molecule has 0 fully saturated rings. The number of aliphatic hydroxyl groups is 1. The molecule has 34 nitrogen and oxygen atoms in total. The van der Waals surface area contributed by atoms with Gasteiger partial charge in [0.05, 0.1) is 164 Å². The molecular formula is C79H96Cl5Na3O34P4S4. The van der Waals surface area contributed by atoms with Gasteiger partial charge in [-0.1, -0.05) is 56.1 Å². The van der Waals surface area contributed by atoms with Gasteiger partial charge in [-0.3, -0.25) is 13.7 Å². The second kappa shape index (κ2) is 59.3. The van der Waals surface area contributed by atoms with Gasteiger partial charge in [-0.25, -0.2) is 33.7 Å². The number of ether oxygens (including phenoxy) is 15. The number of rotatable bonds is 37. The van der Waals surface area contributed by atoms with Crippen LogP contribution in [0.4, 0.5) is 0 Å². The first-order chi connectivity index (χ1) is 58.4. The SMILES string of the molecule is CO.COc1cc(OC)c(/C=C/S(=O)(=O)Cc2ccc(OC)c(CP(=O)(Cl)Cl)c2)c(OC)c1.COc1cc(OC)c(/C=C/S(=O)(=O)Cc2ccc(OC)c(CP(=O)([O-])[O-])c2)c(OC)c1.COc1cc(OC)c(/C=C/S(=O)(=O)Cc2ccc(OC)c(O)c2)c(OC)c1.COc1ccc(CS(=O)(=O)/C=C/c2c(OC)cccc2OC)cc1CP(=O)(O)O.O=P(Cl)(Cl)Cl.[Na+].[Na+].[Na+].[OH-]. The van der Waals surface area contributed by atoms with Gasteiger partial charge in [0.2, 0.25) is 0 Å². The second-order valence-corrected chi connectivity index (χ2v) is 47.6. The van der Waals surface area contributed by atoms with E-state index in [-0.39, 0.29) is 152 Å². The number of phenolic OH excluding ortho intramolecular Hbond substituents is 1. The molecule has 0 aliphatic rings. The summed E-state index contributed by atoms with van der Waals surface area (Å²) in [5, 5.41) is 17.8. The van der Waals surface area contributed by atoms with E-state index >= 15 is 0 Å². The van der Waals surface area contributed by atoms with Crippen molar-refractivity contribution in [2.45, 2.75) is 41.5 Å². The predicted octanol–water partition coefficient (Wildman–Crippen LogP) is 6.44. The molecule has 0 saturated heterocycles. The molecule has 129 heavy (non-hydrogen) atoms. The fourth-order valence-corrected chi connectivity index (χ4v) is 18.1. The van der Waals surface area contributed by atoms with Gasteiger partial charge in [0.25, 0.3) is 5.85 Å². The van der Waals surface area contributed by atoms with Gasteiger partial charge < -0.3 is 111 Å². The summed E-state index contributed by atoms with van der Waals surface area (Å²) in [5.41, 5.74) is 4.22. The predicted molar refractivity (Wildman–Crippen MR) is 483 cm³/mol. The van der Waals surface area contributed by atoms with Crippen molar-refractivity contribution in [3.8, 4) is 92.0 Å². The standard InChI is InChI=1S/C20H23Cl2O7PS.C20H25O9PS.C19H23O8PS.C19H22O7S.CH4O.Cl3OP.3Na.H2O/c2*1-26-16-10-19(28-3)17(20(11-16)29-4)7-8-31(24,25)13-14-5-6-18(27-2)15(9-14)12-30(21,22)23;1-25-17-8-7-14(11-15(17)12-28(20,21)22)13-29(23,24)10-9-16-18(26-2)5-4-6-19(16)27-3;1-23-14-10-18(25-3)15(19(11-14)26-4)7-8-27(21,22)12-13-5-6-17(24-2)16(20)9-13;1-2;1-5(2,3)4;;;;/h5-11H,12-13H2,1-4H3;5-11H,12-13H2,1-4H3,(H2,21,22,23);4-11H,12-13H2,1-3H3,(H2,20,21,22);5-11,20H,12H2,1-4H3;2H,1H3;;;;;1H2/q;;;;;;3*+1;/p-3/b2*8-7+;10-9+;8-7+;;;;;;. The molecule has 0 spiro atoms. The Morgan fingerprint density at radius 2 is 0.535 bits per heavy atom. The summed E-state index contributed by atoms with van der Waals surface area (Å²) in [5.74, 6) is 1.09. The molecule has 5 N–H and O–H groups in total. The average molecular weight is 2090 g/mol. The van der Waals surface area contributed by atoms with Crippen LogP contribution in [0.25, 0.3) is 24.3 Å². The number of halogens is 5. The van der Waals surface area contributed by atoms with Gasteiger partial charge in [-0.2, -0.15) is 0 Å². The summed E-state index contributed by atoms with van der Waals surface area (Å²) >= 11 is 25.2. The van der Waals surface area contributed by atoms with E-state index < -0.39 is 83.7 Å². The molecule has 8 rings (SSSR count). The van der Waals surface area contributed by atoms with Gasteiger partial charge >= 0.3 is 101 Å². The first-order valence-electron chi connectivity index (χ1n) is 35.2. The number of hydrogen-bond donors (Lipinski definition) is 4. The van der Waals surface area contributed by atoms with Crippen molar-refractivity contribution in [1.29, 1.82) is 0 Å². The Balaban J connectivity index is 0. The molecule has 0 atom stereocenters. The topological polar surface area (TPSA) is 500 Å². The Bertz CT molecular complexity index is 5500. The number of sulfone groups is 4. The zero-order chi connectivity index (χ0) is 94.7. The van der Waals surface area contributed by atoms with Crippen LogP contribution in [0.15, 0.2) is 149 Å². The summed E-state index contributed by atoms with van der Waals surface area (Å²) in [6.07, 6.45) is 4.10. The first kappa shape index (κ1) is 125. The average Bonchev–Trinajstić information content (AvgIpc) is 0.794. The Kier molecular flexibility index (Phi) is 57.7. The zero-order valence-electron chi connectivity index (χ0n) is 73.6. The molecule has 0 saturated carbocycles. The third kappa shape index (κ3) is 45.6. The Morgan fingerprint density at radius 1 is 0.318 bits per heavy atom. The summed E-state index contributed by atoms with van der Waals surface area (Å²) in [6.45, 7) is 0. The van der Waals surface area contributed by atoms with Crippen molar-refractivity contribution in [1.82, 2.24) is 0 Å². The first-order valence-corrected chi connectivity index (χ1v) is 53.7. The Hall–Kier alpha value is -5.55. The van der Waals surface area contributed by atoms with Gasteiger partial charge in [0, 0.05) is 82.4 Å². The van der Waals surface area contributed by atoms with Crippen LogP contribution in [0.2, 0.25) is 0 Å². The number of methoxy groups -OCH3 is 15. The van der Waals surface area contributed by atoms with Crippen LogP contribution >= 0.6 is 82.4 Å². The maximum Gasteiger partial charge on any atom is 1.00 e. The molecule has 0 bridgehead atoms. The van der Waals surface area contributed by atoms with E-state index in [4.69, 9.17) is 98.6 Å². The van der Waals surface area contributed by atoms with Crippen LogP contribution in [-0.4, -0.2) is 173 Å². The van der Waals surface area contributed by atoms with Crippen molar-refractivity contribution in [2.75, 3.05) is 114 Å². The van der Waals surface area contributed by atoms with Gasteiger partial charge in [-0.05, 0) is 151 Å². The van der Waals surface area contributed by atoms with E-state index in [2.05, 4.69) is 33.7 Å². The van der Waals surface area contributed by atoms with Crippen molar-refractivity contribution in [2.24, 2.45) is 0 Å². The molecule has 0 heterocycles. The van der Waals surface area contributed by atoms with Crippen molar-refractivity contribution >= 4 is 146 Å². The molecule has 50 heteroatoms. The number of phenols is 1. The molecule has 0 amide bonds. The Labute approximate surface area is 841 Å². The number of hydrogen-bond acceptors (Lipinski definition) is 32. The molecule has 698 valence electrons. The van der Waals surface area contributed by atoms with E-state index in [1.807, 2.05) is 0 Å². The molecule has 0 aliphatic heterocycles. The number of aliphatic hydroxyl groups excluding tert-OH is 1. The minimum Gasteiger partial charge on any atom is -0.870 e. The maximum absolute atomic E-state index is 12.7. The van der Waals surface area contributed by atoms with Crippen molar-refractivity contribution in [3.05, 3.63) is 210 Å². The van der Waals surface area contributed by atoms with Crippen LogP contribution in [0.5, 0.6) is 92.0 Å². The zero-order valence-corrected chi connectivity index (χ0v) is 90.2. The van der Waals surface area contributed by atoms with Crippen molar-refractivity contribution in [3.63, 3.8) is 0 Å². The third-order valence-electron chi connectivity index (χ3n) is 16.3. The maximum atomic E-state index is 12.7. The normalized spacial score (nSPS) is 11.4. The fourth-order valence-electron chi connectivity index (χ4n) is 11.0. The van der Waals surface area contributed by atoms with Crippen LogP contribution in [0, 0.1) is 0 Å². The molecule has 8 aromatic rings. The Morgan fingerprint density at radius 3 is 0.744 bits per heavy atom. The third-order valence-corrected chi connectivity index (χ3v) is 24.4. The van der Waals surface area contributed by atoms with Crippen LogP contribution in [-0.2, 0) is 99.1 Å². The smallest absolute Gasteiger partial charge is 0.870 e. The van der Waals surface area contributed by atoms with Crippen LogP contribution < -0.4 is 170 Å². The summed E-state index contributed by atoms with van der Waals surface area (Å²) in [4.78, 5) is 40.7. The van der Waals surface area contributed by atoms with Gasteiger partial charge in [0.1, 0.15) is 80.5 Å². The van der Waals surface area contributed by atoms with Gasteiger partial charge in [0.15, 0.2) is 50.8 Å². The second-order valence-electron chi connectivity index (χ2n) is 25.0. The van der Waals surface area contributed by atoms with E-state index in [0.717, 1.165) is 28.7 Å². The van der Waals surface area contributed by atoms with E-state index in [1.165, 1.54) is 179 Å². The molecular weight excluding hydrogens is 1990 g/mol. The molecule has 0 unspecified atom stereocenters. The molecule has 0 aliphatic carbocycles. The van der Waals surface area contributed by atoms with Crippen LogP contribution in [0.3, 0.4) is 0 Å². The summed E-state index contributed by atoms with van der Waals surface area (Å²) in [7, 11) is -1.19. The minimum atomic E-state index is -4.86.